The van der Waals surface area contributed by atoms with Crippen LogP contribution in [0.25, 0.3) is 0 Å². The molecule has 0 aliphatic carbocycles. The molecule has 3 N–H and O–H groups in total. The zero-order valence-electron chi connectivity index (χ0n) is 17.2. The topological polar surface area (TPSA) is 108 Å². The van der Waals surface area contributed by atoms with Crippen LogP contribution in [0.2, 0.25) is 0 Å². The number of carbonyl (C=O) groups excluding carboxylic acids is 1. The van der Waals surface area contributed by atoms with E-state index >= 15 is 0 Å². The van der Waals surface area contributed by atoms with Crippen LogP contribution in [0.15, 0.2) is 71.6 Å². The van der Waals surface area contributed by atoms with Gasteiger partial charge in [0.05, 0.1) is 22.6 Å². The number of hydrogen-bond acceptors (Lipinski definition) is 5. The molecular formula is C22H19F3N2O5S. The van der Waals surface area contributed by atoms with E-state index in [4.69, 9.17) is 14.6 Å². The van der Waals surface area contributed by atoms with Crippen LogP contribution in [0.5, 0.6) is 17.2 Å². The van der Waals surface area contributed by atoms with Gasteiger partial charge in [-0.25, -0.2) is 13.6 Å². The van der Waals surface area contributed by atoms with Crippen molar-refractivity contribution in [2.45, 2.75) is 18.0 Å². The second kappa shape index (κ2) is 9.51. The van der Waals surface area contributed by atoms with Crippen LogP contribution in [-0.4, -0.2) is 20.9 Å². The lowest BCUT2D eigenvalue weighted by molar-refractivity contribution is -0.137. The van der Waals surface area contributed by atoms with E-state index in [-0.39, 0.29) is 22.1 Å². The minimum Gasteiger partial charge on any atom is -0.494 e. The maximum absolute atomic E-state index is 13.3. The van der Waals surface area contributed by atoms with Crippen molar-refractivity contribution in [3.8, 4) is 17.2 Å². The lowest BCUT2D eigenvalue weighted by atomic mass is 10.1. The van der Waals surface area contributed by atoms with Gasteiger partial charge < -0.3 is 14.8 Å². The number of nitrogens with two attached hydrogens (primary N) is 1. The molecule has 0 aromatic heterocycles. The fourth-order valence-corrected chi connectivity index (χ4v) is 3.38. The van der Waals surface area contributed by atoms with Crippen LogP contribution in [0, 0.1) is 0 Å². The molecule has 174 valence electrons. The summed E-state index contributed by atoms with van der Waals surface area (Å²) in [4.78, 5) is 12.6. The van der Waals surface area contributed by atoms with Crippen molar-refractivity contribution in [3.63, 3.8) is 0 Å². The molecule has 0 saturated heterocycles. The number of anilines is 1. The molecule has 0 unspecified atom stereocenters. The molecule has 0 fully saturated rings. The Hall–Kier alpha value is -3.57. The minimum absolute atomic E-state index is 0.0240. The Bertz CT molecular complexity index is 1260. The molecule has 3 aromatic rings. The van der Waals surface area contributed by atoms with Gasteiger partial charge in [-0.05, 0) is 67.6 Å². The van der Waals surface area contributed by atoms with Gasteiger partial charge >= 0.3 is 6.18 Å². The molecule has 0 bridgehead atoms. The Morgan fingerprint density at radius 3 is 2.27 bits per heavy atom. The standard InChI is InChI=1S/C22H19F3N2O5S/c1-2-31-16-7-9-17(10-8-16)32-20-11-6-14(22(23,24)25)12-19(20)21(28)27-15-4-3-5-18(13-15)33(26,29)30/h3-13H,2H2,1H3,(H,27,28)(H2,26,29,30). The van der Waals surface area contributed by atoms with Gasteiger partial charge in [0, 0.05) is 5.69 Å². The number of amides is 1. The highest BCUT2D eigenvalue weighted by molar-refractivity contribution is 7.89. The summed E-state index contributed by atoms with van der Waals surface area (Å²) in [7, 11) is -4.04. The molecule has 0 saturated carbocycles. The monoisotopic (exact) mass is 480 g/mol. The van der Waals surface area contributed by atoms with E-state index in [1.165, 1.54) is 18.2 Å². The predicted octanol–water partition coefficient (Wildman–Crippen LogP) is 4.80. The number of carbonyl (C=O) groups is 1. The normalized spacial score (nSPS) is 11.7. The average Bonchev–Trinajstić information content (AvgIpc) is 2.74. The lowest BCUT2D eigenvalue weighted by Crippen LogP contribution is -2.16. The molecule has 0 heterocycles. The quantitative estimate of drug-likeness (QED) is 0.505. The smallest absolute Gasteiger partial charge is 0.416 e. The van der Waals surface area contributed by atoms with Crippen molar-refractivity contribution in [2.75, 3.05) is 11.9 Å². The summed E-state index contributed by atoms with van der Waals surface area (Å²) in [6.07, 6.45) is -4.69. The number of primary sulfonamides is 1. The number of alkyl halides is 3. The first kappa shape index (κ1) is 24.1. The summed E-state index contributed by atoms with van der Waals surface area (Å²) in [6, 6.07) is 13.8. The van der Waals surface area contributed by atoms with Gasteiger partial charge in [0.15, 0.2) is 0 Å². The lowest BCUT2D eigenvalue weighted by Gasteiger charge is -2.15. The zero-order chi connectivity index (χ0) is 24.2. The molecular weight excluding hydrogens is 461 g/mol. The van der Waals surface area contributed by atoms with Gasteiger partial charge in [0.1, 0.15) is 17.2 Å². The van der Waals surface area contributed by atoms with Crippen molar-refractivity contribution in [2.24, 2.45) is 5.14 Å². The SMILES string of the molecule is CCOc1ccc(Oc2ccc(C(F)(F)F)cc2C(=O)Nc2cccc(S(N)(=O)=O)c2)cc1. The molecule has 0 aliphatic heterocycles. The third-order valence-electron chi connectivity index (χ3n) is 4.33. The van der Waals surface area contributed by atoms with Gasteiger partial charge in [0.25, 0.3) is 5.91 Å². The van der Waals surface area contributed by atoms with Crippen molar-refractivity contribution in [1.29, 1.82) is 0 Å². The largest absolute Gasteiger partial charge is 0.494 e. The van der Waals surface area contributed by atoms with Crippen molar-refractivity contribution in [1.82, 2.24) is 0 Å². The minimum atomic E-state index is -4.69. The van der Waals surface area contributed by atoms with Crippen LogP contribution in [0.1, 0.15) is 22.8 Å². The zero-order valence-corrected chi connectivity index (χ0v) is 18.0. The number of rotatable bonds is 7. The van der Waals surface area contributed by atoms with Crippen LogP contribution in [0.4, 0.5) is 18.9 Å². The molecule has 0 aliphatic rings. The van der Waals surface area contributed by atoms with E-state index in [1.807, 2.05) is 6.92 Å². The molecule has 1 amide bonds. The fourth-order valence-electron chi connectivity index (χ4n) is 2.82. The van der Waals surface area contributed by atoms with Gasteiger partial charge in [-0.1, -0.05) is 6.07 Å². The van der Waals surface area contributed by atoms with Crippen LogP contribution < -0.4 is 19.9 Å². The number of halogens is 3. The Morgan fingerprint density at radius 1 is 1.00 bits per heavy atom. The van der Waals surface area contributed by atoms with Crippen LogP contribution >= 0.6 is 0 Å². The van der Waals surface area contributed by atoms with Gasteiger partial charge in [0.2, 0.25) is 10.0 Å². The summed E-state index contributed by atoms with van der Waals surface area (Å²) >= 11 is 0. The van der Waals surface area contributed by atoms with Crippen LogP contribution in [-0.2, 0) is 16.2 Å². The third kappa shape index (κ3) is 6.24. The number of ether oxygens (including phenoxy) is 2. The summed E-state index contributed by atoms with van der Waals surface area (Å²) in [6.45, 7) is 2.27. The maximum atomic E-state index is 13.3. The first-order valence-corrected chi connectivity index (χ1v) is 11.1. The molecule has 3 rings (SSSR count). The van der Waals surface area contributed by atoms with Crippen molar-refractivity contribution < 1.29 is 35.9 Å². The number of nitrogens with one attached hydrogen (secondary N) is 1. The summed E-state index contributed by atoms with van der Waals surface area (Å²) in [5.41, 5.74) is -1.43. The number of benzene rings is 3. The number of hydrogen-bond donors (Lipinski definition) is 2. The maximum Gasteiger partial charge on any atom is 0.416 e. The first-order valence-electron chi connectivity index (χ1n) is 9.53. The average molecular weight is 480 g/mol. The van der Waals surface area contributed by atoms with Gasteiger partial charge in [-0.3, -0.25) is 4.79 Å². The summed E-state index contributed by atoms with van der Waals surface area (Å²) in [5.74, 6) is -0.227. The Balaban J connectivity index is 1.95. The highest BCUT2D eigenvalue weighted by Gasteiger charge is 2.32. The molecule has 3 aromatic carbocycles. The highest BCUT2D eigenvalue weighted by atomic mass is 32.2. The number of sulfonamides is 1. The molecule has 0 spiro atoms. The fraction of sp³-hybridized carbons (Fsp3) is 0.136. The predicted molar refractivity (Wildman–Crippen MR) is 115 cm³/mol. The van der Waals surface area contributed by atoms with E-state index in [1.54, 1.807) is 24.3 Å². The van der Waals surface area contributed by atoms with Crippen LogP contribution in [0.3, 0.4) is 0 Å². The summed E-state index contributed by atoms with van der Waals surface area (Å²) < 4.78 is 73.8. The van der Waals surface area contributed by atoms with Crippen molar-refractivity contribution >= 4 is 21.6 Å². The second-order valence-corrected chi connectivity index (χ2v) is 8.30. The molecule has 33 heavy (non-hydrogen) atoms. The molecule has 0 atom stereocenters. The molecule has 11 heteroatoms. The van der Waals surface area contributed by atoms with E-state index in [0.717, 1.165) is 18.2 Å². The van der Waals surface area contributed by atoms with Gasteiger partial charge in [-0.15, -0.1) is 0 Å². The van der Waals surface area contributed by atoms with Gasteiger partial charge in [-0.2, -0.15) is 13.2 Å². The van der Waals surface area contributed by atoms with E-state index in [9.17, 15) is 26.4 Å². The Kier molecular flexibility index (Phi) is 6.94. The van der Waals surface area contributed by atoms with E-state index in [0.29, 0.717) is 18.4 Å². The van der Waals surface area contributed by atoms with Crippen molar-refractivity contribution in [3.05, 3.63) is 77.9 Å². The Labute approximate surface area is 188 Å². The first-order chi connectivity index (χ1) is 15.5. The van der Waals surface area contributed by atoms with E-state index in [2.05, 4.69) is 5.32 Å². The van der Waals surface area contributed by atoms with E-state index < -0.39 is 33.2 Å². The highest BCUT2D eigenvalue weighted by Crippen LogP contribution is 2.35. The second-order valence-electron chi connectivity index (χ2n) is 6.74. The Morgan fingerprint density at radius 2 is 1.67 bits per heavy atom. The molecule has 7 nitrogen and oxygen atoms in total. The summed E-state index contributed by atoms with van der Waals surface area (Å²) in [5, 5.41) is 7.46. The molecule has 0 radical (unpaired) electrons. The third-order valence-corrected chi connectivity index (χ3v) is 5.25.